The summed E-state index contributed by atoms with van der Waals surface area (Å²) in [6.45, 7) is 1.34. The van der Waals surface area contributed by atoms with E-state index in [1.807, 2.05) is 26.2 Å². The maximum Gasteiger partial charge on any atom is 0.123 e. The Hall–Kier alpha value is -1.10. The Labute approximate surface area is 97.0 Å². The molecule has 0 heterocycles. The van der Waals surface area contributed by atoms with Gasteiger partial charge in [0.1, 0.15) is 5.75 Å². The zero-order valence-electron chi connectivity index (χ0n) is 10.4. The molecule has 0 bridgehead atoms. The summed E-state index contributed by atoms with van der Waals surface area (Å²) in [6.07, 6.45) is 0. The average Bonchev–Trinajstić information content (AvgIpc) is 2.16. The third-order valence-electron chi connectivity index (χ3n) is 2.24. The zero-order chi connectivity index (χ0) is 12.1. The Kier molecular flexibility index (Phi) is 4.73. The van der Waals surface area contributed by atoms with Gasteiger partial charge >= 0.3 is 0 Å². The second-order valence-corrected chi connectivity index (χ2v) is 4.20. The van der Waals surface area contributed by atoms with E-state index in [-0.39, 0.29) is 0 Å². The van der Waals surface area contributed by atoms with Crippen LogP contribution in [0.15, 0.2) is 18.2 Å². The fraction of sp³-hybridized carbons (Fsp3) is 0.500. The lowest BCUT2D eigenvalue weighted by molar-refractivity contribution is -0.0731. The monoisotopic (exact) mass is 224 g/mol. The van der Waals surface area contributed by atoms with E-state index < -0.39 is 0 Å². The summed E-state index contributed by atoms with van der Waals surface area (Å²) in [7, 11) is 7.34. The first-order valence-corrected chi connectivity index (χ1v) is 5.23. The molecule has 0 unspecified atom stereocenters. The predicted octanol–water partition coefficient (Wildman–Crippen LogP) is 1.58. The van der Waals surface area contributed by atoms with Crippen LogP contribution in [0.4, 0.5) is 0 Å². The topological polar surface area (TPSA) is 35.9 Å². The lowest BCUT2D eigenvalue weighted by Crippen LogP contribution is -2.14. The molecule has 0 aliphatic carbocycles. The van der Waals surface area contributed by atoms with Crippen molar-refractivity contribution >= 4 is 0 Å². The molecule has 1 rings (SSSR count). The standard InChI is InChI=1S/C12H20N2O2/c1-13(2)9-11-7-10(8-14(3)15)5-6-12(11)16-4/h5-7,15H,8-9H2,1-4H3. The number of nitrogens with zero attached hydrogens (tertiary/aromatic N) is 2. The summed E-state index contributed by atoms with van der Waals surface area (Å²) in [6, 6.07) is 5.97. The summed E-state index contributed by atoms with van der Waals surface area (Å²) in [5.41, 5.74) is 2.20. The molecule has 90 valence electrons. The van der Waals surface area contributed by atoms with Gasteiger partial charge in [-0.1, -0.05) is 6.07 Å². The SMILES string of the molecule is COc1ccc(CN(C)O)cc1CN(C)C. The summed E-state index contributed by atoms with van der Waals surface area (Å²) in [4.78, 5) is 2.09. The molecule has 0 amide bonds. The van der Waals surface area contributed by atoms with Crippen LogP contribution in [0.25, 0.3) is 0 Å². The lowest BCUT2D eigenvalue weighted by Gasteiger charge is -2.15. The number of methoxy groups -OCH3 is 1. The maximum absolute atomic E-state index is 9.20. The quantitative estimate of drug-likeness (QED) is 0.770. The molecular formula is C12H20N2O2. The Morgan fingerprint density at radius 1 is 1.19 bits per heavy atom. The lowest BCUT2D eigenvalue weighted by atomic mass is 10.1. The van der Waals surface area contributed by atoms with Crippen LogP contribution in [0.1, 0.15) is 11.1 Å². The van der Waals surface area contributed by atoms with Gasteiger partial charge in [-0.3, -0.25) is 0 Å². The molecule has 4 heteroatoms. The van der Waals surface area contributed by atoms with E-state index in [2.05, 4.69) is 11.0 Å². The summed E-state index contributed by atoms with van der Waals surface area (Å²) in [5.74, 6) is 0.887. The van der Waals surface area contributed by atoms with Crippen LogP contribution in [0, 0.1) is 0 Å². The first-order chi connectivity index (χ1) is 7.52. The highest BCUT2D eigenvalue weighted by molar-refractivity contribution is 5.37. The van der Waals surface area contributed by atoms with Crippen molar-refractivity contribution in [3.8, 4) is 5.75 Å². The molecule has 1 N–H and O–H groups in total. The average molecular weight is 224 g/mol. The normalized spacial score (nSPS) is 11.2. The van der Waals surface area contributed by atoms with Crippen LogP contribution >= 0.6 is 0 Å². The van der Waals surface area contributed by atoms with E-state index in [1.54, 1.807) is 14.2 Å². The summed E-state index contributed by atoms with van der Waals surface area (Å²) in [5, 5.41) is 10.4. The summed E-state index contributed by atoms with van der Waals surface area (Å²) >= 11 is 0. The van der Waals surface area contributed by atoms with E-state index in [0.29, 0.717) is 6.54 Å². The van der Waals surface area contributed by atoms with Crippen molar-refractivity contribution < 1.29 is 9.94 Å². The van der Waals surface area contributed by atoms with Crippen molar-refractivity contribution in [2.24, 2.45) is 0 Å². The van der Waals surface area contributed by atoms with Crippen molar-refractivity contribution in [2.45, 2.75) is 13.1 Å². The molecule has 0 fully saturated rings. The Balaban J connectivity index is 2.91. The van der Waals surface area contributed by atoms with Crippen molar-refractivity contribution in [3.63, 3.8) is 0 Å². The number of hydrogen-bond acceptors (Lipinski definition) is 4. The van der Waals surface area contributed by atoms with Crippen molar-refractivity contribution in [2.75, 3.05) is 28.3 Å². The Morgan fingerprint density at radius 3 is 2.38 bits per heavy atom. The van der Waals surface area contributed by atoms with E-state index >= 15 is 0 Å². The molecule has 16 heavy (non-hydrogen) atoms. The molecule has 0 radical (unpaired) electrons. The molecule has 1 aromatic rings. The Bertz CT molecular complexity index is 338. The third kappa shape index (κ3) is 3.81. The second-order valence-electron chi connectivity index (χ2n) is 4.20. The van der Waals surface area contributed by atoms with Crippen LogP contribution in [0.2, 0.25) is 0 Å². The van der Waals surface area contributed by atoms with Gasteiger partial charge in [0.15, 0.2) is 0 Å². The van der Waals surface area contributed by atoms with Gasteiger partial charge in [0.05, 0.1) is 7.11 Å². The minimum atomic E-state index is 0.518. The van der Waals surface area contributed by atoms with E-state index in [9.17, 15) is 5.21 Å². The van der Waals surface area contributed by atoms with Gasteiger partial charge < -0.3 is 14.8 Å². The number of ether oxygens (including phenoxy) is 1. The molecule has 1 aromatic carbocycles. The molecule has 0 saturated carbocycles. The summed E-state index contributed by atoms with van der Waals surface area (Å²) < 4.78 is 5.30. The van der Waals surface area contributed by atoms with Gasteiger partial charge in [-0.2, -0.15) is 5.06 Å². The van der Waals surface area contributed by atoms with Gasteiger partial charge in [-0.05, 0) is 31.8 Å². The Morgan fingerprint density at radius 2 is 1.88 bits per heavy atom. The van der Waals surface area contributed by atoms with Crippen LogP contribution in [0.5, 0.6) is 5.75 Å². The molecule has 0 aromatic heterocycles. The third-order valence-corrected chi connectivity index (χ3v) is 2.24. The smallest absolute Gasteiger partial charge is 0.123 e. The fourth-order valence-electron chi connectivity index (χ4n) is 1.66. The van der Waals surface area contributed by atoms with Crippen LogP contribution < -0.4 is 4.74 Å². The van der Waals surface area contributed by atoms with E-state index in [0.717, 1.165) is 23.4 Å². The molecule has 4 nitrogen and oxygen atoms in total. The minimum absolute atomic E-state index is 0.518. The molecular weight excluding hydrogens is 204 g/mol. The fourth-order valence-corrected chi connectivity index (χ4v) is 1.66. The van der Waals surface area contributed by atoms with Crippen LogP contribution in [-0.4, -0.2) is 43.4 Å². The van der Waals surface area contributed by atoms with Crippen molar-refractivity contribution in [3.05, 3.63) is 29.3 Å². The van der Waals surface area contributed by atoms with Gasteiger partial charge in [0, 0.05) is 25.7 Å². The molecule has 0 aliphatic rings. The van der Waals surface area contributed by atoms with Crippen LogP contribution in [0.3, 0.4) is 0 Å². The van der Waals surface area contributed by atoms with Crippen molar-refractivity contribution in [1.82, 2.24) is 9.96 Å². The largest absolute Gasteiger partial charge is 0.496 e. The highest BCUT2D eigenvalue weighted by atomic mass is 16.5. The van der Waals surface area contributed by atoms with E-state index in [4.69, 9.17) is 4.74 Å². The number of rotatable bonds is 5. The zero-order valence-corrected chi connectivity index (χ0v) is 10.4. The number of hydrogen-bond donors (Lipinski definition) is 1. The minimum Gasteiger partial charge on any atom is -0.496 e. The van der Waals surface area contributed by atoms with Crippen LogP contribution in [-0.2, 0) is 13.1 Å². The number of benzene rings is 1. The molecule has 0 aliphatic heterocycles. The predicted molar refractivity (Wildman–Crippen MR) is 63.6 cm³/mol. The van der Waals surface area contributed by atoms with Crippen molar-refractivity contribution in [1.29, 1.82) is 0 Å². The molecule has 0 atom stereocenters. The molecule has 0 spiro atoms. The first-order valence-electron chi connectivity index (χ1n) is 5.23. The van der Waals surface area contributed by atoms with Gasteiger partial charge in [-0.15, -0.1) is 0 Å². The molecule has 0 saturated heterocycles. The maximum atomic E-state index is 9.20. The van der Waals surface area contributed by atoms with E-state index in [1.165, 1.54) is 5.06 Å². The van der Waals surface area contributed by atoms with Gasteiger partial charge in [0.25, 0.3) is 0 Å². The first kappa shape index (κ1) is 13.0. The second kappa shape index (κ2) is 5.84. The van der Waals surface area contributed by atoms with Gasteiger partial charge in [-0.25, -0.2) is 0 Å². The highest BCUT2D eigenvalue weighted by Gasteiger charge is 2.06. The van der Waals surface area contributed by atoms with Gasteiger partial charge in [0.2, 0.25) is 0 Å². The highest BCUT2D eigenvalue weighted by Crippen LogP contribution is 2.21. The number of hydroxylamine groups is 2.